The topological polar surface area (TPSA) is 3.24 Å². The van der Waals surface area contributed by atoms with E-state index in [1.165, 1.54) is 11.0 Å². The molecule has 1 aliphatic heterocycles. The zero-order valence-electron chi connectivity index (χ0n) is 4.82. The molecule has 0 unspecified atom stereocenters. The lowest BCUT2D eigenvalue weighted by Gasteiger charge is -2.17. The summed E-state index contributed by atoms with van der Waals surface area (Å²) in [4.78, 5) is 0. The van der Waals surface area contributed by atoms with Crippen molar-refractivity contribution >= 4 is 22.6 Å². The van der Waals surface area contributed by atoms with Crippen molar-refractivity contribution in [1.29, 1.82) is 0 Å². The second-order valence-corrected chi connectivity index (χ2v) is 2.65. The summed E-state index contributed by atoms with van der Waals surface area (Å²) in [5.74, 6) is 0. The lowest BCUT2D eigenvalue weighted by molar-refractivity contribution is 0.805. The molecule has 0 aromatic carbocycles. The fraction of sp³-hybridized carbons (Fsp3) is 0. The highest BCUT2D eigenvalue weighted by Crippen LogP contribution is 2.22. The van der Waals surface area contributed by atoms with Crippen LogP contribution in [-0.4, -0.2) is 4.31 Å². The van der Waals surface area contributed by atoms with E-state index in [4.69, 9.17) is 0 Å². The molecule has 1 heterocycles. The van der Waals surface area contributed by atoms with Gasteiger partial charge in [-0.1, -0.05) is 24.3 Å². The number of hydrogen-bond donors (Lipinski definition) is 1. The van der Waals surface area contributed by atoms with Gasteiger partial charge in [-0.15, -0.1) is 0 Å². The number of allylic oxidation sites excluding steroid dienone is 3. The van der Waals surface area contributed by atoms with Crippen LogP contribution in [0.2, 0.25) is 0 Å². The van der Waals surface area contributed by atoms with Crippen LogP contribution in [0.5, 0.6) is 0 Å². The van der Waals surface area contributed by atoms with Gasteiger partial charge in [-0.2, -0.15) is 0 Å². The van der Waals surface area contributed by atoms with E-state index < -0.39 is 0 Å². The van der Waals surface area contributed by atoms with Gasteiger partial charge in [0.2, 0.25) is 0 Å². The van der Waals surface area contributed by atoms with Crippen LogP contribution < -0.4 is 0 Å². The summed E-state index contributed by atoms with van der Waals surface area (Å²) >= 11 is 4.02. The van der Waals surface area contributed by atoms with Crippen molar-refractivity contribution in [1.82, 2.24) is 4.31 Å². The largest absolute Gasteiger partial charge is 0.284 e. The van der Waals surface area contributed by atoms with Gasteiger partial charge in [0, 0.05) is 22.9 Å². The molecule has 0 aliphatic carbocycles. The minimum Gasteiger partial charge on any atom is -0.284 e. The van der Waals surface area contributed by atoms with Gasteiger partial charge >= 0.3 is 0 Å². The fourth-order valence-electron chi connectivity index (χ4n) is 0.543. The van der Waals surface area contributed by atoms with Gasteiger partial charge < -0.3 is 0 Å². The normalized spacial score (nSPS) is 17.0. The summed E-state index contributed by atoms with van der Waals surface area (Å²) in [6, 6.07) is 0. The fourth-order valence-corrected chi connectivity index (χ4v) is 1.31. The van der Waals surface area contributed by atoms with Crippen molar-refractivity contribution in [2.45, 2.75) is 0 Å². The Morgan fingerprint density at radius 1 is 1.56 bits per heavy atom. The molecule has 0 amide bonds. The second-order valence-electron chi connectivity index (χ2n) is 1.60. The molecule has 0 aromatic rings. The van der Waals surface area contributed by atoms with Crippen LogP contribution in [0.15, 0.2) is 36.7 Å². The summed E-state index contributed by atoms with van der Waals surface area (Å²) in [6.45, 7) is 3.78. The van der Waals surface area contributed by atoms with Gasteiger partial charge in [0.15, 0.2) is 0 Å². The van der Waals surface area contributed by atoms with Crippen molar-refractivity contribution in [3.8, 4) is 0 Å². The maximum Gasteiger partial charge on any atom is 0.0454 e. The smallest absolute Gasteiger partial charge is 0.0454 e. The predicted octanol–water partition coefficient (Wildman–Crippen LogP) is 2.38. The van der Waals surface area contributed by atoms with E-state index in [-0.39, 0.29) is 0 Å². The van der Waals surface area contributed by atoms with E-state index in [0.29, 0.717) is 0 Å². The quantitative estimate of drug-likeness (QED) is 0.353. The van der Waals surface area contributed by atoms with E-state index in [0.717, 1.165) is 5.70 Å². The van der Waals surface area contributed by atoms with Gasteiger partial charge in [-0.05, 0) is 12.2 Å². The number of rotatable bonds is 1. The molecule has 9 heavy (non-hydrogen) atoms. The summed E-state index contributed by atoms with van der Waals surface area (Å²) in [5.41, 5.74) is 0.956. The standard InChI is InChI=1S/C6H7NS2/c1-6-4-2-3-5-7(6)9-8/h2-5,8H,1H2. The van der Waals surface area contributed by atoms with Crippen molar-refractivity contribution in [3.63, 3.8) is 0 Å². The molecular weight excluding hydrogens is 150 g/mol. The van der Waals surface area contributed by atoms with Crippen LogP contribution in [0.3, 0.4) is 0 Å². The van der Waals surface area contributed by atoms with Gasteiger partial charge in [-0.25, -0.2) is 0 Å². The van der Waals surface area contributed by atoms with E-state index in [9.17, 15) is 0 Å². The molecule has 0 aromatic heterocycles. The van der Waals surface area contributed by atoms with Crippen LogP contribution >= 0.6 is 22.6 Å². The monoisotopic (exact) mass is 157 g/mol. The Kier molecular flexibility index (Phi) is 2.30. The molecular formula is C6H7NS2. The van der Waals surface area contributed by atoms with Crippen LogP contribution in [0, 0.1) is 0 Å². The first kappa shape index (κ1) is 6.83. The first-order valence-electron chi connectivity index (χ1n) is 2.49. The molecule has 0 saturated carbocycles. The molecule has 1 aliphatic rings. The zero-order chi connectivity index (χ0) is 6.69. The Bertz CT molecular complexity index is 172. The predicted molar refractivity (Wildman–Crippen MR) is 45.8 cm³/mol. The van der Waals surface area contributed by atoms with Crippen LogP contribution in [0.25, 0.3) is 0 Å². The summed E-state index contributed by atoms with van der Waals surface area (Å²) in [7, 11) is 1.34. The Balaban J connectivity index is 2.66. The minimum atomic E-state index is 0.956. The van der Waals surface area contributed by atoms with Crippen molar-refractivity contribution in [3.05, 3.63) is 36.7 Å². The highest BCUT2D eigenvalue weighted by molar-refractivity contribution is 8.67. The van der Waals surface area contributed by atoms with Crippen LogP contribution in [0.4, 0.5) is 0 Å². The van der Waals surface area contributed by atoms with E-state index in [2.05, 4.69) is 18.2 Å². The highest BCUT2D eigenvalue weighted by Gasteiger charge is 2.00. The zero-order valence-corrected chi connectivity index (χ0v) is 6.53. The Hall–Kier alpha value is -0.280. The van der Waals surface area contributed by atoms with Gasteiger partial charge in [0.1, 0.15) is 0 Å². The van der Waals surface area contributed by atoms with Crippen molar-refractivity contribution in [2.75, 3.05) is 0 Å². The lowest BCUT2D eigenvalue weighted by atomic mass is 10.3. The molecule has 48 valence electrons. The molecule has 0 radical (unpaired) electrons. The molecule has 0 N–H and O–H groups in total. The van der Waals surface area contributed by atoms with Gasteiger partial charge in [0.25, 0.3) is 0 Å². The molecule has 0 atom stereocenters. The third-order valence-corrected chi connectivity index (χ3v) is 2.05. The average molecular weight is 157 g/mol. The summed E-state index contributed by atoms with van der Waals surface area (Å²) < 4.78 is 1.88. The third kappa shape index (κ3) is 1.56. The molecule has 1 rings (SSSR count). The minimum absolute atomic E-state index is 0.956. The third-order valence-electron chi connectivity index (χ3n) is 0.992. The maximum absolute atomic E-state index is 4.02. The molecule has 0 saturated heterocycles. The SMILES string of the molecule is C=C1C=CC=CN1SS. The maximum atomic E-state index is 4.02. The first-order chi connectivity index (χ1) is 4.34. The van der Waals surface area contributed by atoms with Crippen LogP contribution in [-0.2, 0) is 0 Å². The first-order valence-corrected chi connectivity index (χ1v) is 4.31. The number of thiol groups is 1. The highest BCUT2D eigenvalue weighted by atomic mass is 33.1. The molecule has 3 heteroatoms. The number of nitrogens with zero attached hydrogens (tertiary/aromatic N) is 1. The second kappa shape index (κ2) is 3.03. The van der Waals surface area contributed by atoms with Gasteiger partial charge in [0.05, 0.1) is 0 Å². The lowest BCUT2D eigenvalue weighted by Crippen LogP contribution is -2.03. The average Bonchev–Trinajstić information content (AvgIpc) is 1.89. The van der Waals surface area contributed by atoms with E-state index in [1.54, 1.807) is 0 Å². The molecule has 0 bridgehead atoms. The van der Waals surface area contributed by atoms with E-state index in [1.807, 2.05) is 28.7 Å². The summed E-state index contributed by atoms with van der Waals surface area (Å²) in [5, 5.41) is 0. The summed E-state index contributed by atoms with van der Waals surface area (Å²) in [6.07, 6.45) is 7.74. The van der Waals surface area contributed by atoms with Crippen molar-refractivity contribution < 1.29 is 0 Å². The van der Waals surface area contributed by atoms with Crippen molar-refractivity contribution in [2.24, 2.45) is 0 Å². The Morgan fingerprint density at radius 3 is 2.78 bits per heavy atom. The van der Waals surface area contributed by atoms with E-state index >= 15 is 0 Å². The Morgan fingerprint density at radius 2 is 2.33 bits per heavy atom. The molecule has 0 fully saturated rings. The molecule has 0 spiro atoms. The number of hydrogen-bond acceptors (Lipinski definition) is 3. The van der Waals surface area contributed by atoms with Gasteiger partial charge in [-0.3, -0.25) is 4.31 Å². The molecule has 1 nitrogen and oxygen atoms in total. The Labute approximate surface area is 64.1 Å². The van der Waals surface area contributed by atoms with Crippen LogP contribution in [0.1, 0.15) is 0 Å².